The van der Waals surface area contributed by atoms with Gasteiger partial charge in [0.15, 0.2) is 0 Å². The molecule has 0 saturated carbocycles. The highest BCUT2D eigenvalue weighted by Crippen LogP contribution is 2.31. The Balaban J connectivity index is 3.29. The van der Waals surface area contributed by atoms with E-state index in [1.54, 1.807) is 0 Å². The van der Waals surface area contributed by atoms with Gasteiger partial charge in [-0.1, -0.05) is 18.7 Å². The molecular formula is C13H14O6. The van der Waals surface area contributed by atoms with Gasteiger partial charge in [-0.05, 0) is 17.7 Å². The number of aliphatic carboxylic acids is 1. The standard InChI is InChI=1S/C13H14O6/c1-8(11(14)19-3)13(17,12(15)16)9-4-6-10(18-2)7-5-9/h4-7,17H,1H2,2-3H3,(H,15,16). The van der Waals surface area contributed by atoms with Crippen molar-refractivity contribution in [3.63, 3.8) is 0 Å². The molecule has 0 aliphatic heterocycles. The third kappa shape index (κ3) is 2.58. The van der Waals surface area contributed by atoms with Gasteiger partial charge in [0.2, 0.25) is 5.60 Å². The molecule has 0 aliphatic carbocycles. The minimum atomic E-state index is -2.54. The van der Waals surface area contributed by atoms with Crippen molar-refractivity contribution < 1.29 is 29.3 Å². The molecule has 0 heterocycles. The van der Waals surface area contributed by atoms with E-state index in [2.05, 4.69) is 11.3 Å². The minimum absolute atomic E-state index is 0.0174. The molecule has 1 atom stereocenters. The lowest BCUT2D eigenvalue weighted by molar-refractivity contribution is -0.159. The Bertz CT molecular complexity index is 504. The Morgan fingerprint density at radius 2 is 1.74 bits per heavy atom. The number of carbonyl (C=O) groups excluding carboxylic acids is 1. The zero-order valence-corrected chi connectivity index (χ0v) is 10.5. The Kier molecular flexibility index (Phi) is 4.29. The van der Waals surface area contributed by atoms with E-state index >= 15 is 0 Å². The highest BCUT2D eigenvalue weighted by molar-refractivity contribution is 5.99. The van der Waals surface area contributed by atoms with Crippen LogP contribution in [0, 0.1) is 0 Å². The van der Waals surface area contributed by atoms with Crippen molar-refractivity contribution in [1.82, 2.24) is 0 Å². The van der Waals surface area contributed by atoms with E-state index in [4.69, 9.17) is 4.74 Å². The van der Waals surface area contributed by atoms with Crippen LogP contribution in [0.25, 0.3) is 0 Å². The molecular weight excluding hydrogens is 252 g/mol. The first-order valence-electron chi connectivity index (χ1n) is 5.26. The summed E-state index contributed by atoms with van der Waals surface area (Å²) in [7, 11) is 2.52. The molecule has 0 aliphatic rings. The van der Waals surface area contributed by atoms with Crippen molar-refractivity contribution in [3.8, 4) is 5.75 Å². The number of ether oxygens (including phenoxy) is 2. The zero-order chi connectivity index (χ0) is 14.6. The number of hydrogen-bond donors (Lipinski definition) is 2. The number of benzene rings is 1. The van der Waals surface area contributed by atoms with E-state index in [1.165, 1.54) is 31.4 Å². The van der Waals surface area contributed by atoms with E-state index in [9.17, 15) is 19.8 Å². The van der Waals surface area contributed by atoms with Gasteiger partial charge in [-0.2, -0.15) is 0 Å². The summed E-state index contributed by atoms with van der Waals surface area (Å²) in [6.45, 7) is 3.30. The Morgan fingerprint density at radius 1 is 1.21 bits per heavy atom. The number of carboxylic acids is 1. The van der Waals surface area contributed by atoms with Crippen LogP contribution in [-0.2, 0) is 19.9 Å². The molecule has 1 rings (SSSR count). The lowest BCUT2D eigenvalue weighted by Gasteiger charge is -2.24. The number of rotatable bonds is 5. The largest absolute Gasteiger partial charge is 0.497 e. The molecule has 0 radical (unpaired) electrons. The summed E-state index contributed by atoms with van der Waals surface area (Å²) >= 11 is 0. The smallest absolute Gasteiger partial charge is 0.345 e. The molecule has 1 aromatic rings. The average molecular weight is 266 g/mol. The van der Waals surface area contributed by atoms with Crippen molar-refractivity contribution in [2.24, 2.45) is 0 Å². The Morgan fingerprint density at radius 3 is 2.11 bits per heavy atom. The van der Waals surface area contributed by atoms with Crippen LogP contribution in [-0.4, -0.2) is 36.4 Å². The van der Waals surface area contributed by atoms with Crippen molar-refractivity contribution in [2.75, 3.05) is 14.2 Å². The minimum Gasteiger partial charge on any atom is -0.497 e. The summed E-state index contributed by atoms with van der Waals surface area (Å²) in [6.07, 6.45) is 0. The quantitative estimate of drug-likeness (QED) is 0.602. The molecule has 0 aromatic heterocycles. The van der Waals surface area contributed by atoms with Crippen molar-refractivity contribution in [3.05, 3.63) is 42.0 Å². The number of aliphatic hydroxyl groups is 1. The third-order valence-corrected chi connectivity index (χ3v) is 2.69. The molecule has 1 aromatic carbocycles. The van der Waals surface area contributed by atoms with Crippen LogP contribution in [0.2, 0.25) is 0 Å². The van der Waals surface area contributed by atoms with Gasteiger partial charge in [-0.25, -0.2) is 9.59 Å². The van der Waals surface area contributed by atoms with E-state index in [0.717, 1.165) is 7.11 Å². The van der Waals surface area contributed by atoms with Gasteiger partial charge in [0.25, 0.3) is 0 Å². The molecule has 2 N–H and O–H groups in total. The monoisotopic (exact) mass is 266 g/mol. The van der Waals surface area contributed by atoms with Gasteiger partial charge in [-0.15, -0.1) is 0 Å². The van der Waals surface area contributed by atoms with Gasteiger partial charge in [0.05, 0.1) is 19.8 Å². The summed E-state index contributed by atoms with van der Waals surface area (Å²) in [5, 5.41) is 19.4. The number of hydrogen-bond acceptors (Lipinski definition) is 5. The topological polar surface area (TPSA) is 93.1 Å². The van der Waals surface area contributed by atoms with E-state index in [1.807, 2.05) is 0 Å². The first-order chi connectivity index (χ1) is 8.87. The van der Waals surface area contributed by atoms with Crippen LogP contribution in [0.1, 0.15) is 5.56 Å². The van der Waals surface area contributed by atoms with E-state index < -0.39 is 23.1 Å². The van der Waals surface area contributed by atoms with Crippen molar-refractivity contribution in [1.29, 1.82) is 0 Å². The zero-order valence-electron chi connectivity index (χ0n) is 10.5. The van der Waals surface area contributed by atoms with E-state index in [0.29, 0.717) is 5.75 Å². The predicted molar refractivity (Wildman–Crippen MR) is 65.7 cm³/mol. The molecule has 6 heteroatoms. The fourth-order valence-electron chi connectivity index (χ4n) is 1.53. The Labute approximate surface area is 109 Å². The number of esters is 1. The van der Waals surface area contributed by atoms with Gasteiger partial charge in [0, 0.05) is 0 Å². The maximum atomic E-state index is 11.4. The summed E-state index contributed by atoms with van der Waals surface area (Å²) in [5.41, 5.74) is -3.14. The maximum Gasteiger partial charge on any atom is 0.345 e. The fourth-order valence-corrected chi connectivity index (χ4v) is 1.53. The number of carboxylic acid groups (broad SMARTS) is 1. The third-order valence-electron chi connectivity index (χ3n) is 2.69. The predicted octanol–water partition coefficient (Wildman–Crippen LogP) is 0.697. The molecule has 0 fully saturated rings. The van der Waals surface area contributed by atoms with Gasteiger partial charge in [0.1, 0.15) is 5.75 Å². The molecule has 0 saturated heterocycles. The normalized spacial score (nSPS) is 13.2. The average Bonchev–Trinajstić information content (AvgIpc) is 2.44. The SMILES string of the molecule is C=C(C(=O)OC)C(O)(C(=O)O)c1ccc(OC)cc1. The molecule has 0 bridgehead atoms. The molecule has 102 valence electrons. The summed E-state index contributed by atoms with van der Waals surface area (Å²) in [5.74, 6) is -2.13. The molecule has 0 amide bonds. The second-order valence-corrected chi connectivity index (χ2v) is 3.71. The van der Waals surface area contributed by atoms with Crippen LogP contribution in [0.15, 0.2) is 36.4 Å². The molecule has 6 nitrogen and oxygen atoms in total. The summed E-state index contributed by atoms with van der Waals surface area (Å²) in [4.78, 5) is 22.7. The summed E-state index contributed by atoms with van der Waals surface area (Å²) in [6, 6.07) is 5.60. The van der Waals surface area contributed by atoms with Crippen LogP contribution in [0.4, 0.5) is 0 Å². The van der Waals surface area contributed by atoms with Gasteiger partial charge >= 0.3 is 11.9 Å². The first kappa shape index (κ1) is 14.7. The van der Waals surface area contributed by atoms with Crippen LogP contribution < -0.4 is 4.74 Å². The van der Waals surface area contributed by atoms with Gasteiger partial charge < -0.3 is 19.7 Å². The molecule has 19 heavy (non-hydrogen) atoms. The lowest BCUT2D eigenvalue weighted by Crippen LogP contribution is -2.40. The fraction of sp³-hybridized carbons (Fsp3) is 0.231. The van der Waals surface area contributed by atoms with Crippen LogP contribution in [0.5, 0.6) is 5.75 Å². The van der Waals surface area contributed by atoms with Gasteiger partial charge in [-0.3, -0.25) is 0 Å². The molecule has 1 unspecified atom stereocenters. The summed E-state index contributed by atoms with van der Waals surface area (Å²) < 4.78 is 9.32. The second-order valence-electron chi connectivity index (χ2n) is 3.71. The Hall–Kier alpha value is -2.34. The lowest BCUT2D eigenvalue weighted by atomic mass is 9.87. The molecule has 0 spiro atoms. The van der Waals surface area contributed by atoms with Crippen molar-refractivity contribution >= 4 is 11.9 Å². The highest BCUT2D eigenvalue weighted by atomic mass is 16.5. The highest BCUT2D eigenvalue weighted by Gasteiger charge is 2.44. The van der Waals surface area contributed by atoms with Crippen LogP contribution in [0.3, 0.4) is 0 Å². The number of carbonyl (C=O) groups is 2. The van der Waals surface area contributed by atoms with Crippen molar-refractivity contribution in [2.45, 2.75) is 5.60 Å². The number of methoxy groups -OCH3 is 2. The second kappa shape index (κ2) is 5.53. The van der Waals surface area contributed by atoms with E-state index in [-0.39, 0.29) is 5.56 Å². The van der Waals surface area contributed by atoms with Crippen LogP contribution >= 0.6 is 0 Å². The first-order valence-corrected chi connectivity index (χ1v) is 5.26. The maximum absolute atomic E-state index is 11.4.